The monoisotopic (exact) mass is 534 g/mol. The molecule has 2 N–H and O–H groups in total. The van der Waals surface area contributed by atoms with Gasteiger partial charge < -0.3 is 24.4 Å². The first kappa shape index (κ1) is 29.5. The molecule has 1 aliphatic rings. The Balaban J connectivity index is 1.89. The van der Waals surface area contributed by atoms with Gasteiger partial charge in [-0.1, -0.05) is 20.8 Å². The van der Waals surface area contributed by atoms with E-state index in [4.69, 9.17) is 24.9 Å². The predicted molar refractivity (Wildman–Crippen MR) is 149 cm³/mol. The van der Waals surface area contributed by atoms with Crippen LogP contribution in [0.15, 0.2) is 24.3 Å². The van der Waals surface area contributed by atoms with E-state index in [1.165, 1.54) is 0 Å². The number of hydrogen-bond acceptors (Lipinski definition) is 7. The van der Waals surface area contributed by atoms with E-state index >= 15 is 0 Å². The number of methoxy groups -OCH3 is 1. The van der Waals surface area contributed by atoms with Crippen LogP contribution in [0.25, 0.3) is 0 Å². The van der Waals surface area contributed by atoms with Crippen LogP contribution in [-0.2, 0) is 23.2 Å². The van der Waals surface area contributed by atoms with Crippen molar-refractivity contribution in [2.75, 3.05) is 33.9 Å². The molecule has 9 heteroatoms. The van der Waals surface area contributed by atoms with Gasteiger partial charge in [0.1, 0.15) is 11.6 Å². The molecule has 1 amide bonds. The van der Waals surface area contributed by atoms with Crippen LogP contribution in [0.3, 0.4) is 0 Å². The molecule has 2 aromatic rings. The summed E-state index contributed by atoms with van der Waals surface area (Å²) in [6.07, 6.45) is 1.09. The lowest BCUT2D eigenvalue weighted by molar-refractivity contribution is -0.119. The molecule has 1 heterocycles. The molecule has 0 saturated carbocycles. The lowest BCUT2D eigenvalue weighted by atomic mass is 9.84. The zero-order valence-corrected chi connectivity index (χ0v) is 23.7. The van der Waals surface area contributed by atoms with Gasteiger partial charge in [-0.15, -0.1) is 0 Å². The minimum atomic E-state index is -0.320. The van der Waals surface area contributed by atoms with Crippen molar-refractivity contribution in [2.24, 2.45) is 0 Å². The molecule has 0 radical (unpaired) electrons. The second-order valence-corrected chi connectivity index (χ2v) is 10.4. The molecule has 1 aliphatic heterocycles. The Hall–Kier alpha value is -4.06. The summed E-state index contributed by atoms with van der Waals surface area (Å²) in [7, 11) is 3.16. The average Bonchev–Trinajstić information content (AvgIpc) is 3.19. The highest BCUT2D eigenvalue weighted by Crippen LogP contribution is 2.40. The van der Waals surface area contributed by atoms with Crippen molar-refractivity contribution in [1.82, 2.24) is 10.2 Å². The van der Waals surface area contributed by atoms with E-state index in [0.29, 0.717) is 66.5 Å². The summed E-state index contributed by atoms with van der Waals surface area (Å²) in [5.41, 5.74) is 3.26. The Morgan fingerprint density at radius 2 is 1.90 bits per heavy atom. The summed E-state index contributed by atoms with van der Waals surface area (Å²) < 4.78 is 17.4. The van der Waals surface area contributed by atoms with Crippen molar-refractivity contribution < 1.29 is 23.8 Å². The number of carbonyl (C=O) groups excluding carboxylic acids is 2. The zero-order chi connectivity index (χ0) is 28.7. The minimum Gasteiger partial charge on any atom is -0.494 e. The van der Waals surface area contributed by atoms with Crippen molar-refractivity contribution in [2.45, 2.75) is 58.9 Å². The van der Waals surface area contributed by atoms with Crippen LogP contribution in [0, 0.1) is 16.7 Å². The smallest absolute Gasteiger partial charge is 0.224 e. The third kappa shape index (κ3) is 6.88. The Bertz CT molecular complexity index is 1290. The summed E-state index contributed by atoms with van der Waals surface area (Å²) in [6.45, 7) is 9.18. The maximum atomic E-state index is 13.6. The van der Waals surface area contributed by atoms with Gasteiger partial charge in [0.15, 0.2) is 17.3 Å². The van der Waals surface area contributed by atoms with Crippen LogP contribution in [0.2, 0.25) is 0 Å². The third-order valence-corrected chi connectivity index (χ3v) is 6.56. The number of hydrogen-bond donors (Lipinski definition) is 2. The zero-order valence-electron chi connectivity index (χ0n) is 23.7. The largest absolute Gasteiger partial charge is 0.494 e. The summed E-state index contributed by atoms with van der Waals surface area (Å²) in [4.78, 5) is 27.3. The van der Waals surface area contributed by atoms with Crippen molar-refractivity contribution in [1.29, 1.82) is 10.7 Å². The highest BCUT2D eigenvalue weighted by atomic mass is 16.5. The first-order valence-corrected chi connectivity index (χ1v) is 13.1. The number of nitrogens with zero attached hydrogens (tertiary/aromatic N) is 2. The number of rotatable bonds is 12. The molecule has 0 aromatic heterocycles. The first-order valence-electron chi connectivity index (χ1n) is 13.1. The van der Waals surface area contributed by atoms with Crippen LogP contribution in [0.5, 0.6) is 17.2 Å². The molecular formula is C30H38N4O5. The Kier molecular flexibility index (Phi) is 9.57. The van der Waals surface area contributed by atoms with Gasteiger partial charge in [-0.2, -0.15) is 5.26 Å². The van der Waals surface area contributed by atoms with Crippen molar-refractivity contribution >= 4 is 17.5 Å². The van der Waals surface area contributed by atoms with Gasteiger partial charge in [-0.05, 0) is 48.6 Å². The minimum absolute atomic E-state index is 0.00600. The number of likely N-dealkylation sites (N-methyl/N-ethyl adjacent to an activating group) is 1. The van der Waals surface area contributed by atoms with Gasteiger partial charge in [0.25, 0.3) is 0 Å². The van der Waals surface area contributed by atoms with Gasteiger partial charge in [-0.3, -0.25) is 15.0 Å². The molecule has 2 aromatic carbocycles. The van der Waals surface area contributed by atoms with Crippen molar-refractivity contribution in [3.8, 4) is 23.3 Å². The molecule has 0 saturated heterocycles. The molecule has 0 fully saturated rings. The molecule has 9 nitrogen and oxygen atoms in total. The number of ketones is 1. The Labute approximate surface area is 230 Å². The quantitative estimate of drug-likeness (QED) is 0.306. The molecule has 0 atom stereocenters. The highest BCUT2D eigenvalue weighted by Gasteiger charge is 2.30. The maximum absolute atomic E-state index is 13.6. The number of carbonyl (C=O) groups is 2. The molecule has 39 heavy (non-hydrogen) atoms. The molecule has 0 unspecified atom stereocenters. The maximum Gasteiger partial charge on any atom is 0.224 e. The number of amides is 1. The normalized spacial score (nSPS) is 12.5. The summed E-state index contributed by atoms with van der Waals surface area (Å²) in [6, 6.07) is 9.32. The van der Waals surface area contributed by atoms with E-state index in [1.807, 2.05) is 45.9 Å². The van der Waals surface area contributed by atoms with Crippen LogP contribution < -0.4 is 19.5 Å². The van der Waals surface area contributed by atoms with E-state index in [2.05, 4.69) is 11.4 Å². The molecular weight excluding hydrogens is 496 g/mol. The van der Waals surface area contributed by atoms with Crippen LogP contribution >= 0.6 is 0 Å². The number of unbranched alkanes of at least 4 members (excludes halogenated alkanes) is 1. The number of Topliss-reactive ketones (excluding diaryl/α,β-unsaturated/α-hetero) is 1. The second kappa shape index (κ2) is 12.7. The summed E-state index contributed by atoms with van der Waals surface area (Å²) in [5, 5.41) is 20.2. The average molecular weight is 535 g/mol. The van der Waals surface area contributed by atoms with Gasteiger partial charge >= 0.3 is 0 Å². The van der Waals surface area contributed by atoms with Gasteiger partial charge in [0, 0.05) is 42.3 Å². The summed E-state index contributed by atoms with van der Waals surface area (Å²) >= 11 is 0. The lowest BCUT2D eigenvalue weighted by Gasteiger charge is -2.25. The Morgan fingerprint density at radius 1 is 1.15 bits per heavy atom. The molecule has 0 aliphatic carbocycles. The van der Waals surface area contributed by atoms with E-state index < -0.39 is 0 Å². The lowest BCUT2D eigenvalue weighted by Crippen LogP contribution is -2.30. The van der Waals surface area contributed by atoms with Crippen molar-refractivity contribution in [3.05, 3.63) is 52.1 Å². The van der Waals surface area contributed by atoms with Gasteiger partial charge in [0.2, 0.25) is 5.91 Å². The summed E-state index contributed by atoms with van der Waals surface area (Å²) in [5.74, 6) is 1.59. The third-order valence-electron chi connectivity index (χ3n) is 6.56. The fourth-order valence-electron chi connectivity index (χ4n) is 4.53. The van der Waals surface area contributed by atoms with Crippen LogP contribution in [-0.4, -0.2) is 56.3 Å². The number of benzene rings is 2. The molecule has 0 bridgehead atoms. The van der Waals surface area contributed by atoms with E-state index in [9.17, 15) is 9.59 Å². The number of nitriles is 1. The number of ether oxygens (including phenoxy) is 3. The SMILES string of the molecule is CCOc1cc2c(cc1CC(=O)NC)C(=N)N(CC(=O)c1cc(OCCCC#N)c(OC)c(C(C)(C)C)c1)C2. The van der Waals surface area contributed by atoms with E-state index in [0.717, 1.165) is 11.1 Å². The topological polar surface area (TPSA) is 125 Å². The molecule has 3 rings (SSSR count). The standard InChI is InChI=1S/C30H38N4O5/c1-7-38-25-15-21-17-34(29(32)22(21)12-20(25)16-27(36)33-5)18-24(35)19-13-23(30(2,3)4)28(37-6)26(14-19)39-11-9-8-10-31/h12-15,32H,7-9,11,16-18H2,1-6H3,(H,33,36). The highest BCUT2D eigenvalue weighted by molar-refractivity contribution is 6.06. The van der Waals surface area contributed by atoms with E-state index in [1.54, 1.807) is 25.1 Å². The molecule has 0 spiro atoms. The van der Waals surface area contributed by atoms with Crippen LogP contribution in [0.1, 0.15) is 73.1 Å². The van der Waals surface area contributed by atoms with E-state index in [-0.39, 0.29) is 35.9 Å². The second-order valence-electron chi connectivity index (χ2n) is 10.4. The van der Waals surface area contributed by atoms with Crippen molar-refractivity contribution in [3.63, 3.8) is 0 Å². The van der Waals surface area contributed by atoms with Gasteiger partial charge in [-0.25, -0.2) is 0 Å². The number of amidine groups is 1. The number of fused-ring (bicyclic) bond motifs is 1. The first-order chi connectivity index (χ1) is 18.5. The number of nitrogens with one attached hydrogen (secondary N) is 2. The predicted octanol–water partition coefficient (Wildman–Crippen LogP) is 4.39. The fraction of sp³-hybridized carbons (Fsp3) is 0.467. The fourth-order valence-corrected chi connectivity index (χ4v) is 4.53. The molecule has 208 valence electrons. The van der Waals surface area contributed by atoms with Crippen LogP contribution in [0.4, 0.5) is 0 Å². The Morgan fingerprint density at radius 3 is 2.51 bits per heavy atom. The van der Waals surface area contributed by atoms with Gasteiger partial charge in [0.05, 0.1) is 39.4 Å².